The van der Waals surface area contributed by atoms with E-state index in [1.54, 1.807) is 35.5 Å². The van der Waals surface area contributed by atoms with Crippen LogP contribution in [-0.4, -0.2) is 31.7 Å². The lowest BCUT2D eigenvalue weighted by molar-refractivity contribution is 0.0995. The van der Waals surface area contributed by atoms with Crippen molar-refractivity contribution in [3.8, 4) is 0 Å². The van der Waals surface area contributed by atoms with Crippen molar-refractivity contribution < 1.29 is 17.6 Å². The predicted octanol–water partition coefficient (Wildman–Crippen LogP) is 3.26. The molecule has 6 nitrogen and oxygen atoms in total. The van der Waals surface area contributed by atoms with Gasteiger partial charge in [-0.2, -0.15) is 4.31 Å². The summed E-state index contributed by atoms with van der Waals surface area (Å²) in [5, 5.41) is 2.70. The molecule has 1 unspecified atom stereocenters. The highest BCUT2D eigenvalue weighted by Crippen LogP contribution is 2.24. The number of rotatable bonds is 4. The maximum absolute atomic E-state index is 12.7. The second kappa shape index (κ2) is 7.01. The monoisotopic (exact) mass is 362 g/mol. The van der Waals surface area contributed by atoms with Crippen molar-refractivity contribution in [3.63, 3.8) is 0 Å². The molecule has 1 aromatic heterocycles. The number of sulfonamides is 1. The molecule has 1 N–H and O–H groups in total. The minimum Gasteiger partial charge on any atom is -0.456 e. The van der Waals surface area contributed by atoms with Gasteiger partial charge in [-0.3, -0.25) is 4.79 Å². The Bertz CT molecular complexity index is 855. The fraction of sp³-hybridized carbons (Fsp3) is 0.389. The van der Waals surface area contributed by atoms with E-state index in [0.29, 0.717) is 30.5 Å². The number of carbonyl (C=O) groups is 1. The van der Waals surface area contributed by atoms with E-state index in [1.165, 1.54) is 12.1 Å². The van der Waals surface area contributed by atoms with Crippen molar-refractivity contribution >= 4 is 21.6 Å². The zero-order valence-corrected chi connectivity index (χ0v) is 15.2. The number of aryl methyl sites for hydroxylation is 1. The second-order valence-electron chi connectivity index (χ2n) is 6.50. The van der Waals surface area contributed by atoms with E-state index in [-0.39, 0.29) is 16.6 Å². The van der Waals surface area contributed by atoms with E-state index < -0.39 is 10.0 Å². The van der Waals surface area contributed by atoms with Crippen LogP contribution >= 0.6 is 0 Å². The number of benzene rings is 1. The number of amides is 1. The Labute approximate surface area is 147 Å². The van der Waals surface area contributed by atoms with Gasteiger partial charge in [0.2, 0.25) is 10.0 Å². The summed E-state index contributed by atoms with van der Waals surface area (Å²) in [5.74, 6) is 0.881. The summed E-state index contributed by atoms with van der Waals surface area (Å²) in [7, 11) is -3.49. The summed E-state index contributed by atoms with van der Waals surface area (Å²) >= 11 is 0. The van der Waals surface area contributed by atoms with E-state index in [1.807, 2.05) is 0 Å². The normalized spacial score (nSPS) is 18.9. The second-order valence-corrected chi connectivity index (χ2v) is 8.44. The average molecular weight is 362 g/mol. The molecule has 7 heteroatoms. The van der Waals surface area contributed by atoms with Crippen LogP contribution in [0.2, 0.25) is 0 Å². The largest absolute Gasteiger partial charge is 0.456 e. The Morgan fingerprint density at radius 3 is 2.52 bits per heavy atom. The average Bonchev–Trinajstić information content (AvgIpc) is 3.02. The van der Waals surface area contributed by atoms with E-state index in [0.717, 1.165) is 12.8 Å². The number of piperidine rings is 1. The number of anilines is 1. The van der Waals surface area contributed by atoms with Crippen LogP contribution in [-0.2, 0) is 10.0 Å². The Kier molecular flexibility index (Phi) is 4.96. The zero-order chi connectivity index (χ0) is 18.0. The molecule has 0 radical (unpaired) electrons. The third-order valence-corrected chi connectivity index (χ3v) is 6.21. The van der Waals surface area contributed by atoms with E-state index in [4.69, 9.17) is 4.42 Å². The molecule has 25 heavy (non-hydrogen) atoms. The third kappa shape index (κ3) is 3.93. The molecule has 1 aliphatic rings. The quantitative estimate of drug-likeness (QED) is 0.905. The number of nitrogens with zero attached hydrogens (tertiary/aromatic N) is 1. The van der Waals surface area contributed by atoms with Crippen molar-refractivity contribution in [2.75, 3.05) is 18.4 Å². The first-order valence-electron chi connectivity index (χ1n) is 8.34. The maximum Gasteiger partial charge on any atom is 0.291 e. The lowest BCUT2D eigenvalue weighted by Gasteiger charge is -2.30. The molecule has 0 bridgehead atoms. The molecule has 1 atom stereocenters. The highest BCUT2D eigenvalue weighted by Gasteiger charge is 2.28. The summed E-state index contributed by atoms with van der Waals surface area (Å²) in [6.45, 7) is 4.94. The van der Waals surface area contributed by atoms with E-state index in [2.05, 4.69) is 12.2 Å². The van der Waals surface area contributed by atoms with Gasteiger partial charge < -0.3 is 9.73 Å². The topological polar surface area (TPSA) is 79.6 Å². The first-order chi connectivity index (χ1) is 11.9. The molecule has 1 amide bonds. The van der Waals surface area contributed by atoms with Crippen LogP contribution in [0.25, 0.3) is 0 Å². The summed E-state index contributed by atoms with van der Waals surface area (Å²) in [6.07, 6.45) is 1.94. The van der Waals surface area contributed by atoms with Crippen molar-refractivity contribution in [2.45, 2.75) is 31.6 Å². The molecular weight excluding hydrogens is 340 g/mol. The highest BCUT2D eigenvalue weighted by atomic mass is 32.2. The molecule has 1 fully saturated rings. The molecule has 1 aromatic carbocycles. The first kappa shape index (κ1) is 17.7. The van der Waals surface area contributed by atoms with Crippen LogP contribution < -0.4 is 5.32 Å². The summed E-state index contributed by atoms with van der Waals surface area (Å²) in [4.78, 5) is 12.3. The van der Waals surface area contributed by atoms with Gasteiger partial charge in [-0.05, 0) is 62.1 Å². The van der Waals surface area contributed by atoms with Crippen LogP contribution in [0.4, 0.5) is 5.69 Å². The Hall–Kier alpha value is -2.12. The molecule has 1 aliphatic heterocycles. The SMILES string of the molecule is Cc1ccc(C(=O)Nc2ccc(S(=O)(=O)N3CCCC(C)C3)cc2)o1. The highest BCUT2D eigenvalue weighted by molar-refractivity contribution is 7.89. The Morgan fingerprint density at radius 2 is 1.92 bits per heavy atom. The van der Waals surface area contributed by atoms with Gasteiger partial charge in [-0.25, -0.2) is 8.42 Å². The fourth-order valence-corrected chi connectivity index (χ4v) is 4.57. The van der Waals surface area contributed by atoms with Crippen LogP contribution in [0.1, 0.15) is 36.1 Å². The smallest absolute Gasteiger partial charge is 0.291 e. The van der Waals surface area contributed by atoms with Crippen molar-refractivity contribution in [1.82, 2.24) is 4.31 Å². The molecule has 134 valence electrons. The van der Waals surface area contributed by atoms with Crippen LogP contribution in [0.15, 0.2) is 45.7 Å². The van der Waals surface area contributed by atoms with E-state index >= 15 is 0 Å². The summed E-state index contributed by atoms with van der Waals surface area (Å²) in [5.41, 5.74) is 0.519. The number of furan rings is 1. The predicted molar refractivity (Wildman–Crippen MR) is 95.0 cm³/mol. The lowest BCUT2D eigenvalue weighted by Crippen LogP contribution is -2.39. The molecular formula is C18H22N2O4S. The van der Waals surface area contributed by atoms with Crippen molar-refractivity contribution in [3.05, 3.63) is 47.9 Å². The van der Waals surface area contributed by atoms with Crippen LogP contribution in [0, 0.1) is 12.8 Å². The lowest BCUT2D eigenvalue weighted by atomic mass is 10.0. The van der Waals surface area contributed by atoms with Gasteiger partial charge in [-0.15, -0.1) is 0 Å². The molecule has 2 heterocycles. The molecule has 0 saturated carbocycles. The molecule has 0 aliphatic carbocycles. The Balaban J connectivity index is 1.72. The number of hydrogen-bond donors (Lipinski definition) is 1. The summed E-state index contributed by atoms with van der Waals surface area (Å²) in [6, 6.07) is 9.54. The van der Waals surface area contributed by atoms with Crippen molar-refractivity contribution in [2.24, 2.45) is 5.92 Å². The van der Waals surface area contributed by atoms with Gasteiger partial charge in [0.25, 0.3) is 5.91 Å². The zero-order valence-electron chi connectivity index (χ0n) is 14.4. The van der Waals surface area contributed by atoms with Gasteiger partial charge in [0.05, 0.1) is 4.90 Å². The van der Waals surface area contributed by atoms with Gasteiger partial charge >= 0.3 is 0 Å². The summed E-state index contributed by atoms with van der Waals surface area (Å²) < 4.78 is 32.2. The van der Waals surface area contributed by atoms with Gasteiger partial charge in [0.15, 0.2) is 5.76 Å². The first-order valence-corrected chi connectivity index (χ1v) is 9.78. The van der Waals surface area contributed by atoms with Crippen LogP contribution in [0.5, 0.6) is 0 Å². The Morgan fingerprint density at radius 1 is 1.20 bits per heavy atom. The molecule has 0 spiro atoms. The van der Waals surface area contributed by atoms with Gasteiger partial charge in [0.1, 0.15) is 5.76 Å². The maximum atomic E-state index is 12.7. The minimum atomic E-state index is -3.49. The third-order valence-electron chi connectivity index (χ3n) is 4.33. The number of nitrogens with one attached hydrogen (secondary N) is 1. The fourth-order valence-electron chi connectivity index (χ4n) is 2.97. The van der Waals surface area contributed by atoms with E-state index in [9.17, 15) is 13.2 Å². The standard InChI is InChI=1S/C18H22N2O4S/c1-13-4-3-11-20(12-13)25(22,23)16-8-6-15(7-9-16)19-18(21)17-10-5-14(2)24-17/h5-10,13H,3-4,11-12H2,1-2H3,(H,19,21). The number of hydrogen-bond acceptors (Lipinski definition) is 4. The molecule has 2 aromatic rings. The minimum absolute atomic E-state index is 0.219. The molecule has 3 rings (SSSR count). The van der Waals surface area contributed by atoms with Crippen LogP contribution in [0.3, 0.4) is 0 Å². The van der Waals surface area contributed by atoms with Crippen molar-refractivity contribution in [1.29, 1.82) is 0 Å². The number of carbonyl (C=O) groups excluding carboxylic acids is 1. The van der Waals surface area contributed by atoms with Gasteiger partial charge in [-0.1, -0.05) is 6.92 Å². The van der Waals surface area contributed by atoms with Gasteiger partial charge in [0, 0.05) is 18.8 Å². The molecule has 1 saturated heterocycles.